The molecule has 1 aliphatic rings. The first kappa shape index (κ1) is 15.0. The molecule has 0 unspecified atom stereocenters. The van der Waals surface area contributed by atoms with Crippen molar-refractivity contribution in [3.8, 4) is 0 Å². The maximum atomic E-state index is 11.8. The monoisotopic (exact) mass is 254 g/mol. The van der Waals surface area contributed by atoms with Crippen LogP contribution in [-0.4, -0.2) is 17.9 Å². The van der Waals surface area contributed by atoms with E-state index in [2.05, 4.69) is 5.32 Å². The van der Waals surface area contributed by atoms with Crippen LogP contribution in [0.25, 0.3) is 0 Å². The molecule has 4 nitrogen and oxygen atoms in total. The van der Waals surface area contributed by atoms with Crippen LogP contribution in [-0.2, 0) is 9.59 Å². The molecule has 0 aromatic heterocycles. The molecule has 0 saturated heterocycles. The number of hydrogen-bond donors (Lipinski definition) is 2. The van der Waals surface area contributed by atoms with Gasteiger partial charge < -0.3 is 11.1 Å². The molecule has 1 fully saturated rings. The molecule has 0 aliphatic heterocycles. The number of carbonyl (C=O) groups is 2. The van der Waals surface area contributed by atoms with Crippen LogP contribution in [0, 0.1) is 11.8 Å². The summed E-state index contributed by atoms with van der Waals surface area (Å²) in [7, 11) is 0. The van der Waals surface area contributed by atoms with Gasteiger partial charge in [-0.2, -0.15) is 0 Å². The molecule has 4 heteroatoms. The minimum absolute atomic E-state index is 0.0427. The normalized spacial score (nSPS) is 18.6. The molecule has 1 atom stereocenters. The van der Waals surface area contributed by atoms with Gasteiger partial charge in [0.05, 0.1) is 0 Å². The Morgan fingerprint density at radius 1 is 1.22 bits per heavy atom. The molecular weight excluding hydrogens is 228 g/mol. The van der Waals surface area contributed by atoms with Crippen molar-refractivity contribution in [1.29, 1.82) is 0 Å². The van der Waals surface area contributed by atoms with E-state index in [1.165, 1.54) is 32.1 Å². The number of nitrogens with one attached hydrogen (secondary N) is 1. The Labute approximate surface area is 110 Å². The van der Waals surface area contributed by atoms with Crippen LogP contribution < -0.4 is 11.1 Å². The fourth-order valence-corrected chi connectivity index (χ4v) is 2.62. The van der Waals surface area contributed by atoms with Gasteiger partial charge in [-0.1, -0.05) is 46.0 Å². The zero-order valence-corrected chi connectivity index (χ0v) is 11.6. The smallest absolute Gasteiger partial charge is 0.240 e. The van der Waals surface area contributed by atoms with Crippen LogP contribution in [0.1, 0.15) is 58.8 Å². The summed E-state index contributed by atoms with van der Waals surface area (Å²) in [6.07, 6.45) is 7.87. The quantitative estimate of drug-likeness (QED) is 0.760. The van der Waals surface area contributed by atoms with Crippen LogP contribution in [0.2, 0.25) is 0 Å². The Kier molecular flexibility index (Phi) is 6.16. The lowest BCUT2D eigenvalue weighted by molar-refractivity contribution is -0.128. The fourth-order valence-electron chi connectivity index (χ4n) is 2.62. The summed E-state index contributed by atoms with van der Waals surface area (Å²) in [6, 6.07) is -0.538. The first-order valence-electron chi connectivity index (χ1n) is 7.09. The third kappa shape index (κ3) is 5.07. The van der Waals surface area contributed by atoms with Crippen molar-refractivity contribution in [2.45, 2.75) is 64.8 Å². The highest BCUT2D eigenvalue weighted by Crippen LogP contribution is 2.27. The molecule has 1 aliphatic carbocycles. The minimum Gasteiger partial charge on any atom is -0.368 e. The summed E-state index contributed by atoms with van der Waals surface area (Å²) in [5.41, 5.74) is 5.27. The SMILES string of the molecule is CC(C)[C@H](NC(=O)CCC1CCCCC1)C(N)=O. The number of primary amides is 1. The number of rotatable bonds is 6. The van der Waals surface area contributed by atoms with E-state index < -0.39 is 11.9 Å². The zero-order chi connectivity index (χ0) is 13.5. The van der Waals surface area contributed by atoms with Gasteiger partial charge in [0.25, 0.3) is 0 Å². The summed E-state index contributed by atoms with van der Waals surface area (Å²) in [5.74, 6) is 0.241. The van der Waals surface area contributed by atoms with Gasteiger partial charge in [-0.3, -0.25) is 9.59 Å². The first-order chi connectivity index (χ1) is 8.50. The van der Waals surface area contributed by atoms with Gasteiger partial charge in [-0.15, -0.1) is 0 Å². The lowest BCUT2D eigenvalue weighted by atomic mass is 9.86. The summed E-state index contributed by atoms with van der Waals surface area (Å²) >= 11 is 0. The van der Waals surface area contributed by atoms with Crippen LogP contribution in [0.15, 0.2) is 0 Å². The van der Waals surface area contributed by atoms with Crippen molar-refractivity contribution in [2.24, 2.45) is 17.6 Å². The van der Waals surface area contributed by atoms with Gasteiger partial charge in [-0.25, -0.2) is 0 Å². The molecule has 104 valence electrons. The second-order valence-corrected chi connectivity index (χ2v) is 5.73. The summed E-state index contributed by atoms with van der Waals surface area (Å²) in [6.45, 7) is 3.77. The van der Waals surface area contributed by atoms with Gasteiger partial charge in [-0.05, 0) is 18.3 Å². The maximum Gasteiger partial charge on any atom is 0.240 e. The van der Waals surface area contributed by atoms with Crippen molar-refractivity contribution in [1.82, 2.24) is 5.32 Å². The van der Waals surface area contributed by atoms with Crippen LogP contribution in [0.3, 0.4) is 0 Å². The Hall–Kier alpha value is -1.06. The number of carbonyl (C=O) groups excluding carboxylic acids is 2. The van der Waals surface area contributed by atoms with E-state index in [9.17, 15) is 9.59 Å². The second kappa shape index (κ2) is 7.39. The lowest BCUT2D eigenvalue weighted by Crippen LogP contribution is -2.47. The minimum atomic E-state index is -0.538. The van der Waals surface area contributed by atoms with E-state index in [0.717, 1.165) is 6.42 Å². The number of amides is 2. The Morgan fingerprint density at radius 3 is 2.33 bits per heavy atom. The van der Waals surface area contributed by atoms with E-state index in [4.69, 9.17) is 5.73 Å². The molecule has 18 heavy (non-hydrogen) atoms. The van der Waals surface area contributed by atoms with Gasteiger partial charge in [0, 0.05) is 6.42 Å². The maximum absolute atomic E-state index is 11.8. The molecule has 1 saturated carbocycles. The average Bonchev–Trinajstić information content (AvgIpc) is 2.34. The molecule has 0 spiro atoms. The van der Waals surface area contributed by atoms with Crippen molar-refractivity contribution >= 4 is 11.8 Å². The van der Waals surface area contributed by atoms with Crippen molar-refractivity contribution in [3.05, 3.63) is 0 Å². The van der Waals surface area contributed by atoms with Crippen molar-refractivity contribution in [3.63, 3.8) is 0 Å². The van der Waals surface area contributed by atoms with Crippen LogP contribution in [0.5, 0.6) is 0 Å². The molecule has 1 rings (SSSR count). The van der Waals surface area contributed by atoms with E-state index in [1.807, 2.05) is 13.8 Å². The molecular formula is C14H26N2O2. The largest absolute Gasteiger partial charge is 0.368 e. The third-order valence-electron chi connectivity index (χ3n) is 3.79. The van der Waals surface area contributed by atoms with Gasteiger partial charge >= 0.3 is 0 Å². The first-order valence-corrected chi connectivity index (χ1v) is 7.09. The topological polar surface area (TPSA) is 72.2 Å². The van der Waals surface area contributed by atoms with Gasteiger partial charge in [0.2, 0.25) is 11.8 Å². The predicted molar refractivity (Wildman–Crippen MR) is 71.8 cm³/mol. The van der Waals surface area contributed by atoms with E-state index in [0.29, 0.717) is 12.3 Å². The highest BCUT2D eigenvalue weighted by molar-refractivity contribution is 5.86. The van der Waals surface area contributed by atoms with E-state index in [1.54, 1.807) is 0 Å². The lowest BCUT2D eigenvalue weighted by Gasteiger charge is -2.22. The standard InChI is InChI=1S/C14H26N2O2/c1-10(2)13(14(15)18)16-12(17)9-8-11-6-4-3-5-7-11/h10-11,13H,3-9H2,1-2H3,(H2,15,18)(H,16,17)/t13-/m0/s1. The van der Waals surface area contributed by atoms with E-state index in [-0.39, 0.29) is 11.8 Å². The Balaban J connectivity index is 2.29. The zero-order valence-electron chi connectivity index (χ0n) is 11.6. The fraction of sp³-hybridized carbons (Fsp3) is 0.857. The molecule has 0 aromatic rings. The number of nitrogens with two attached hydrogens (primary N) is 1. The van der Waals surface area contributed by atoms with Crippen molar-refractivity contribution in [2.75, 3.05) is 0 Å². The molecule has 0 aromatic carbocycles. The van der Waals surface area contributed by atoms with Crippen LogP contribution >= 0.6 is 0 Å². The van der Waals surface area contributed by atoms with E-state index >= 15 is 0 Å². The second-order valence-electron chi connectivity index (χ2n) is 5.73. The summed E-state index contributed by atoms with van der Waals surface area (Å²) < 4.78 is 0. The van der Waals surface area contributed by atoms with Crippen molar-refractivity contribution < 1.29 is 9.59 Å². The highest BCUT2D eigenvalue weighted by Gasteiger charge is 2.22. The molecule has 0 bridgehead atoms. The molecule has 3 N–H and O–H groups in total. The van der Waals surface area contributed by atoms with Crippen LogP contribution in [0.4, 0.5) is 0 Å². The summed E-state index contributed by atoms with van der Waals surface area (Å²) in [5, 5.41) is 2.74. The summed E-state index contributed by atoms with van der Waals surface area (Å²) in [4.78, 5) is 23.0. The predicted octanol–water partition coefficient (Wildman–Crippen LogP) is 1.97. The Bertz CT molecular complexity index is 284. The molecule has 0 heterocycles. The average molecular weight is 254 g/mol. The Morgan fingerprint density at radius 2 is 1.83 bits per heavy atom. The molecule has 2 amide bonds. The highest BCUT2D eigenvalue weighted by atomic mass is 16.2. The third-order valence-corrected chi connectivity index (χ3v) is 3.79. The van der Waals surface area contributed by atoms with Gasteiger partial charge in [0.1, 0.15) is 6.04 Å². The molecule has 0 radical (unpaired) electrons. The number of hydrogen-bond acceptors (Lipinski definition) is 2. The van der Waals surface area contributed by atoms with Gasteiger partial charge in [0.15, 0.2) is 0 Å².